The van der Waals surface area contributed by atoms with E-state index < -0.39 is 0 Å². The van der Waals surface area contributed by atoms with Crippen molar-refractivity contribution in [2.45, 2.75) is 25.7 Å². The predicted molar refractivity (Wildman–Crippen MR) is 108 cm³/mol. The van der Waals surface area contributed by atoms with Crippen LogP contribution in [-0.2, 0) is 19.3 Å². The van der Waals surface area contributed by atoms with Gasteiger partial charge < -0.3 is 10.3 Å². The zero-order valence-corrected chi connectivity index (χ0v) is 15.1. The molecule has 0 saturated heterocycles. The number of pyridine rings is 1. The molecule has 0 atom stereocenters. The van der Waals surface area contributed by atoms with E-state index in [1.54, 1.807) is 0 Å². The maximum absolute atomic E-state index is 13.1. The van der Waals surface area contributed by atoms with Gasteiger partial charge in [0, 0.05) is 34.7 Å². The van der Waals surface area contributed by atoms with Crippen molar-refractivity contribution in [3.05, 3.63) is 77.1 Å². The standard InChI is InChI=1S/C23H21N3O/c27-23(24-13-12-15-14-25-19-9-3-1-6-16(15)19)22-17-7-2-4-10-20(17)26-21-11-5-8-18(21)22/h1-4,6-7,9-10,14,25H,5,8,11-13H2,(H,24,27). The molecule has 27 heavy (non-hydrogen) atoms. The highest BCUT2D eigenvalue weighted by Crippen LogP contribution is 2.29. The largest absolute Gasteiger partial charge is 0.361 e. The maximum Gasteiger partial charge on any atom is 0.252 e. The third-order valence-electron chi connectivity index (χ3n) is 5.50. The fraction of sp³-hybridized carbons (Fsp3) is 0.217. The van der Waals surface area contributed by atoms with Crippen molar-refractivity contribution in [3.63, 3.8) is 0 Å². The molecule has 4 heteroatoms. The molecule has 0 aliphatic heterocycles. The van der Waals surface area contributed by atoms with Crippen LogP contribution < -0.4 is 5.32 Å². The Morgan fingerprint density at radius 2 is 1.85 bits per heavy atom. The average Bonchev–Trinajstić information content (AvgIpc) is 3.33. The quantitative estimate of drug-likeness (QED) is 0.577. The van der Waals surface area contributed by atoms with Crippen molar-refractivity contribution in [2.75, 3.05) is 6.54 Å². The van der Waals surface area contributed by atoms with Gasteiger partial charge in [-0.25, -0.2) is 0 Å². The lowest BCUT2D eigenvalue weighted by Crippen LogP contribution is -2.27. The number of aryl methyl sites for hydroxylation is 1. The number of nitrogens with zero attached hydrogens (tertiary/aromatic N) is 1. The van der Waals surface area contributed by atoms with Crippen molar-refractivity contribution in [1.29, 1.82) is 0 Å². The molecule has 0 fully saturated rings. The fourth-order valence-corrected chi connectivity index (χ4v) is 4.21. The van der Waals surface area contributed by atoms with E-state index in [9.17, 15) is 4.79 Å². The monoisotopic (exact) mass is 355 g/mol. The molecule has 0 unspecified atom stereocenters. The Balaban J connectivity index is 1.40. The Kier molecular flexibility index (Phi) is 3.89. The normalized spacial score (nSPS) is 13.2. The summed E-state index contributed by atoms with van der Waals surface area (Å²) in [6.45, 7) is 0.617. The number of nitrogens with one attached hydrogen (secondary N) is 2. The minimum atomic E-state index is 0.0200. The molecule has 0 spiro atoms. The second-order valence-electron chi connectivity index (χ2n) is 7.15. The van der Waals surface area contributed by atoms with Crippen molar-refractivity contribution in [1.82, 2.24) is 15.3 Å². The molecule has 4 aromatic rings. The van der Waals surface area contributed by atoms with Crippen LogP contribution in [0.15, 0.2) is 54.7 Å². The van der Waals surface area contributed by atoms with E-state index in [-0.39, 0.29) is 5.91 Å². The summed E-state index contributed by atoms with van der Waals surface area (Å²) in [6.07, 6.45) is 5.83. The summed E-state index contributed by atoms with van der Waals surface area (Å²) in [5.74, 6) is 0.0200. The molecule has 2 heterocycles. The van der Waals surface area contributed by atoms with Gasteiger partial charge >= 0.3 is 0 Å². The molecule has 0 bridgehead atoms. The molecule has 5 rings (SSSR count). The van der Waals surface area contributed by atoms with Crippen LogP contribution in [0, 0.1) is 0 Å². The summed E-state index contributed by atoms with van der Waals surface area (Å²) in [5.41, 5.74) is 6.34. The van der Waals surface area contributed by atoms with Gasteiger partial charge in [0.05, 0.1) is 11.1 Å². The van der Waals surface area contributed by atoms with E-state index in [0.29, 0.717) is 6.54 Å². The summed E-state index contributed by atoms with van der Waals surface area (Å²) in [5, 5.41) is 5.33. The summed E-state index contributed by atoms with van der Waals surface area (Å²) < 4.78 is 0. The van der Waals surface area contributed by atoms with Crippen molar-refractivity contribution >= 4 is 27.7 Å². The number of amides is 1. The summed E-state index contributed by atoms with van der Waals surface area (Å²) in [4.78, 5) is 21.1. The van der Waals surface area contributed by atoms with E-state index in [0.717, 1.165) is 58.9 Å². The molecule has 2 N–H and O–H groups in total. The lowest BCUT2D eigenvalue weighted by Gasteiger charge is -2.12. The number of carbonyl (C=O) groups excluding carboxylic acids is 1. The number of aromatic amines is 1. The molecule has 4 nitrogen and oxygen atoms in total. The maximum atomic E-state index is 13.1. The SMILES string of the molecule is O=C(NCCc1c[nH]c2ccccc12)c1c2c(nc3ccccc13)CCC2. The molecule has 1 amide bonds. The molecule has 0 saturated carbocycles. The third kappa shape index (κ3) is 2.78. The number of para-hydroxylation sites is 2. The van der Waals surface area contributed by atoms with Crippen LogP contribution in [0.5, 0.6) is 0 Å². The smallest absolute Gasteiger partial charge is 0.252 e. The number of benzene rings is 2. The predicted octanol–water partition coefficient (Wildman–Crippen LogP) is 4.18. The zero-order valence-electron chi connectivity index (χ0n) is 15.1. The van der Waals surface area contributed by atoms with Gasteiger partial charge in [0.15, 0.2) is 0 Å². The first-order chi connectivity index (χ1) is 13.3. The van der Waals surface area contributed by atoms with Crippen LogP contribution >= 0.6 is 0 Å². The number of fused-ring (bicyclic) bond motifs is 3. The average molecular weight is 355 g/mol. The Labute approximate surface area is 157 Å². The number of aromatic nitrogens is 2. The van der Waals surface area contributed by atoms with E-state index in [4.69, 9.17) is 4.98 Å². The second kappa shape index (κ2) is 6.54. The molecular weight excluding hydrogens is 334 g/mol. The lowest BCUT2D eigenvalue weighted by atomic mass is 10.0. The van der Waals surface area contributed by atoms with Crippen molar-refractivity contribution in [3.8, 4) is 0 Å². The van der Waals surface area contributed by atoms with E-state index in [1.807, 2.05) is 42.6 Å². The zero-order chi connectivity index (χ0) is 18.2. The number of hydrogen-bond acceptors (Lipinski definition) is 2. The summed E-state index contributed by atoms with van der Waals surface area (Å²) in [6, 6.07) is 16.2. The third-order valence-corrected chi connectivity index (χ3v) is 5.50. The Morgan fingerprint density at radius 3 is 2.78 bits per heavy atom. The molecule has 134 valence electrons. The molecule has 0 radical (unpaired) electrons. The van der Waals surface area contributed by atoms with E-state index in [2.05, 4.69) is 22.4 Å². The summed E-state index contributed by atoms with van der Waals surface area (Å²) in [7, 11) is 0. The minimum Gasteiger partial charge on any atom is -0.361 e. The number of carbonyl (C=O) groups is 1. The first kappa shape index (κ1) is 16.1. The Bertz CT molecular complexity index is 1160. The van der Waals surface area contributed by atoms with Crippen LogP contribution in [0.1, 0.15) is 33.6 Å². The Hall–Kier alpha value is -3.14. The topological polar surface area (TPSA) is 57.8 Å². The Morgan fingerprint density at radius 1 is 1.04 bits per heavy atom. The van der Waals surface area contributed by atoms with Gasteiger partial charge in [-0.3, -0.25) is 9.78 Å². The minimum absolute atomic E-state index is 0.0200. The van der Waals surface area contributed by atoms with Crippen LogP contribution in [-0.4, -0.2) is 22.4 Å². The molecule has 2 aromatic heterocycles. The van der Waals surface area contributed by atoms with Gasteiger partial charge in [-0.15, -0.1) is 0 Å². The van der Waals surface area contributed by atoms with E-state index >= 15 is 0 Å². The molecule has 1 aliphatic carbocycles. The number of H-pyrrole nitrogens is 1. The fourth-order valence-electron chi connectivity index (χ4n) is 4.21. The number of hydrogen-bond donors (Lipinski definition) is 2. The number of rotatable bonds is 4. The van der Waals surface area contributed by atoms with Gasteiger partial charge in [0.1, 0.15) is 0 Å². The second-order valence-corrected chi connectivity index (χ2v) is 7.15. The van der Waals surface area contributed by atoms with Crippen LogP contribution in [0.3, 0.4) is 0 Å². The van der Waals surface area contributed by atoms with Gasteiger partial charge in [-0.1, -0.05) is 36.4 Å². The van der Waals surface area contributed by atoms with Crippen LogP contribution in [0.4, 0.5) is 0 Å². The lowest BCUT2D eigenvalue weighted by molar-refractivity contribution is 0.0955. The van der Waals surface area contributed by atoms with Gasteiger partial charge in [-0.05, 0) is 48.9 Å². The highest BCUT2D eigenvalue weighted by atomic mass is 16.1. The van der Waals surface area contributed by atoms with E-state index in [1.165, 1.54) is 10.9 Å². The molecule has 2 aromatic carbocycles. The molecule has 1 aliphatic rings. The van der Waals surface area contributed by atoms with Crippen LogP contribution in [0.2, 0.25) is 0 Å². The first-order valence-corrected chi connectivity index (χ1v) is 9.55. The van der Waals surface area contributed by atoms with Crippen LogP contribution in [0.25, 0.3) is 21.8 Å². The highest BCUT2D eigenvalue weighted by molar-refractivity contribution is 6.07. The van der Waals surface area contributed by atoms with Crippen molar-refractivity contribution < 1.29 is 4.79 Å². The molecular formula is C23H21N3O. The summed E-state index contributed by atoms with van der Waals surface area (Å²) >= 11 is 0. The highest BCUT2D eigenvalue weighted by Gasteiger charge is 2.23. The van der Waals surface area contributed by atoms with Gasteiger partial charge in [0.25, 0.3) is 5.91 Å². The first-order valence-electron chi connectivity index (χ1n) is 9.55. The van der Waals surface area contributed by atoms with Crippen molar-refractivity contribution in [2.24, 2.45) is 0 Å². The van der Waals surface area contributed by atoms with Gasteiger partial charge in [-0.2, -0.15) is 0 Å². The van der Waals surface area contributed by atoms with Gasteiger partial charge in [0.2, 0.25) is 0 Å².